The normalized spacial score (nSPS) is 9.77. The van der Waals surface area contributed by atoms with Gasteiger partial charge in [0.15, 0.2) is 5.78 Å². The van der Waals surface area contributed by atoms with E-state index >= 15 is 0 Å². The van der Waals surface area contributed by atoms with Gasteiger partial charge in [0.2, 0.25) is 0 Å². The standard InChI is InChI=1S/C9H9IO3/c1-13-9-3-2-6(10)4-7(9)8(12)5-11/h2-4,11H,5H2,1H3. The second-order valence-corrected chi connectivity index (χ2v) is 3.67. The van der Waals surface area contributed by atoms with Crippen LogP contribution in [0.4, 0.5) is 0 Å². The molecule has 0 bridgehead atoms. The zero-order valence-electron chi connectivity index (χ0n) is 7.08. The smallest absolute Gasteiger partial charge is 0.191 e. The zero-order chi connectivity index (χ0) is 9.84. The Labute approximate surface area is 89.9 Å². The van der Waals surface area contributed by atoms with Gasteiger partial charge in [0.05, 0.1) is 12.7 Å². The Kier molecular flexibility index (Phi) is 3.68. The number of ether oxygens (including phenoxy) is 1. The predicted molar refractivity (Wildman–Crippen MR) is 57.1 cm³/mol. The van der Waals surface area contributed by atoms with Gasteiger partial charge in [0, 0.05) is 3.57 Å². The Hall–Kier alpha value is -0.620. The average Bonchev–Trinajstić information content (AvgIpc) is 2.16. The first-order chi connectivity index (χ1) is 6.19. The number of ketones is 1. The van der Waals surface area contributed by atoms with Crippen LogP contribution in [0.1, 0.15) is 10.4 Å². The van der Waals surface area contributed by atoms with E-state index in [9.17, 15) is 4.79 Å². The Morgan fingerprint density at radius 3 is 2.85 bits per heavy atom. The number of halogens is 1. The summed E-state index contributed by atoms with van der Waals surface area (Å²) in [4.78, 5) is 11.2. The molecule has 1 N–H and O–H groups in total. The van der Waals surface area contributed by atoms with E-state index in [4.69, 9.17) is 9.84 Å². The van der Waals surface area contributed by atoms with Gasteiger partial charge in [-0.2, -0.15) is 0 Å². The predicted octanol–water partition coefficient (Wildman–Crippen LogP) is 1.47. The van der Waals surface area contributed by atoms with Crippen molar-refractivity contribution in [2.24, 2.45) is 0 Å². The molecule has 70 valence electrons. The Morgan fingerprint density at radius 1 is 1.62 bits per heavy atom. The number of carbonyl (C=O) groups excluding carboxylic acids is 1. The van der Waals surface area contributed by atoms with Gasteiger partial charge in [-0.25, -0.2) is 0 Å². The largest absolute Gasteiger partial charge is 0.496 e. The van der Waals surface area contributed by atoms with Crippen molar-refractivity contribution in [1.29, 1.82) is 0 Å². The maximum atomic E-state index is 11.2. The molecule has 1 aromatic rings. The maximum Gasteiger partial charge on any atom is 0.191 e. The molecule has 0 amide bonds. The third-order valence-electron chi connectivity index (χ3n) is 1.61. The maximum absolute atomic E-state index is 11.2. The second-order valence-electron chi connectivity index (χ2n) is 2.43. The van der Waals surface area contributed by atoms with E-state index in [1.807, 2.05) is 6.07 Å². The number of aliphatic hydroxyl groups excluding tert-OH is 1. The fraction of sp³-hybridized carbons (Fsp3) is 0.222. The number of hydrogen-bond donors (Lipinski definition) is 1. The minimum atomic E-state index is -0.490. The van der Waals surface area contributed by atoms with Crippen molar-refractivity contribution >= 4 is 28.4 Å². The molecule has 0 aliphatic heterocycles. The highest BCUT2D eigenvalue weighted by molar-refractivity contribution is 14.1. The summed E-state index contributed by atoms with van der Waals surface area (Å²) in [5, 5.41) is 8.69. The lowest BCUT2D eigenvalue weighted by atomic mass is 10.1. The van der Waals surface area contributed by atoms with Crippen LogP contribution < -0.4 is 4.74 Å². The van der Waals surface area contributed by atoms with E-state index in [-0.39, 0.29) is 5.78 Å². The van der Waals surface area contributed by atoms with Crippen LogP contribution in [-0.2, 0) is 0 Å². The van der Waals surface area contributed by atoms with Crippen molar-refractivity contribution < 1.29 is 14.6 Å². The summed E-state index contributed by atoms with van der Waals surface area (Å²) < 4.78 is 5.93. The van der Waals surface area contributed by atoms with Gasteiger partial charge in [0.25, 0.3) is 0 Å². The second kappa shape index (κ2) is 4.57. The molecule has 0 fully saturated rings. The van der Waals surface area contributed by atoms with Crippen LogP contribution in [0.15, 0.2) is 18.2 Å². The van der Waals surface area contributed by atoms with Gasteiger partial charge >= 0.3 is 0 Å². The van der Waals surface area contributed by atoms with Gasteiger partial charge in [-0.05, 0) is 40.8 Å². The lowest BCUT2D eigenvalue weighted by Crippen LogP contribution is -2.06. The van der Waals surface area contributed by atoms with Crippen LogP contribution in [0, 0.1) is 3.57 Å². The van der Waals surface area contributed by atoms with Gasteiger partial charge in [-0.3, -0.25) is 4.79 Å². The molecule has 0 unspecified atom stereocenters. The molecule has 0 atom stereocenters. The molecule has 3 nitrogen and oxygen atoms in total. The lowest BCUT2D eigenvalue weighted by Gasteiger charge is -2.06. The molecular weight excluding hydrogens is 283 g/mol. The Bertz CT molecular complexity index is 323. The number of rotatable bonds is 3. The third kappa shape index (κ3) is 2.41. The van der Waals surface area contributed by atoms with Crippen molar-refractivity contribution in [3.63, 3.8) is 0 Å². The number of hydrogen-bond acceptors (Lipinski definition) is 3. The van der Waals surface area contributed by atoms with Crippen LogP contribution >= 0.6 is 22.6 Å². The topological polar surface area (TPSA) is 46.5 Å². The number of carbonyl (C=O) groups is 1. The van der Waals surface area contributed by atoms with E-state index in [0.29, 0.717) is 11.3 Å². The molecule has 4 heteroatoms. The number of benzene rings is 1. The van der Waals surface area contributed by atoms with Gasteiger partial charge in [0.1, 0.15) is 12.4 Å². The first-order valence-electron chi connectivity index (χ1n) is 3.66. The molecule has 1 aromatic carbocycles. The summed E-state index contributed by atoms with van der Waals surface area (Å²) in [6.45, 7) is -0.490. The van der Waals surface area contributed by atoms with Crippen molar-refractivity contribution in [2.75, 3.05) is 13.7 Å². The molecule has 0 saturated heterocycles. The summed E-state index contributed by atoms with van der Waals surface area (Å²) in [7, 11) is 1.50. The van der Waals surface area contributed by atoms with E-state index < -0.39 is 6.61 Å². The SMILES string of the molecule is COc1ccc(I)cc1C(=O)CO. The molecular formula is C9H9IO3. The molecule has 1 rings (SSSR count). The van der Waals surface area contributed by atoms with Crippen LogP contribution in [0.2, 0.25) is 0 Å². The van der Waals surface area contributed by atoms with Gasteiger partial charge < -0.3 is 9.84 Å². The highest BCUT2D eigenvalue weighted by atomic mass is 127. The van der Waals surface area contributed by atoms with Crippen LogP contribution in [-0.4, -0.2) is 24.6 Å². The third-order valence-corrected chi connectivity index (χ3v) is 2.28. The highest BCUT2D eigenvalue weighted by Gasteiger charge is 2.10. The van der Waals surface area contributed by atoms with Gasteiger partial charge in [-0.15, -0.1) is 0 Å². The molecule has 0 aliphatic rings. The minimum Gasteiger partial charge on any atom is -0.496 e. The fourth-order valence-corrected chi connectivity index (χ4v) is 1.47. The fourth-order valence-electron chi connectivity index (χ4n) is 0.983. The Balaban J connectivity index is 3.15. The van der Waals surface area contributed by atoms with Crippen LogP contribution in [0.25, 0.3) is 0 Å². The zero-order valence-corrected chi connectivity index (χ0v) is 9.24. The summed E-state index contributed by atoms with van der Waals surface area (Å²) in [5.41, 5.74) is 0.428. The molecule has 0 radical (unpaired) electrons. The monoisotopic (exact) mass is 292 g/mol. The first-order valence-corrected chi connectivity index (χ1v) is 4.74. The van der Waals surface area contributed by atoms with Crippen molar-refractivity contribution in [1.82, 2.24) is 0 Å². The summed E-state index contributed by atoms with van der Waals surface area (Å²) >= 11 is 2.10. The average molecular weight is 292 g/mol. The summed E-state index contributed by atoms with van der Waals surface area (Å²) in [5.74, 6) is 0.176. The Morgan fingerprint density at radius 2 is 2.31 bits per heavy atom. The van der Waals surface area contributed by atoms with Crippen LogP contribution in [0.3, 0.4) is 0 Å². The minimum absolute atomic E-state index is 0.324. The van der Waals surface area contributed by atoms with E-state index in [1.54, 1.807) is 12.1 Å². The van der Waals surface area contributed by atoms with Crippen LogP contribution in [0.5, 0.6) is 5.75 Å². The molecule has 0 heterocycles. The summed E-state index contributed by atoms with van der Waals surface area (Å²) in [6.07, 6.45) is 0. The number of aliphatic hydroxyl groups is 1. The number of methoxy groups -OCH3 is 1. The summed E-state index contributed by atoms with van der Waals surface area (Å²) in [6, 6.07) is 5.25. The van der Waals surface area contributed by atoms with Crippen molar-refractivity contribution in [2.45, 2.75) is 0 Å². The molecule has 0 aliphatic carbocycles. The highest BCUT2D eigenvalue weighted by Crippen LogP contribution is 2.21. The molecule has 0 aromatic heterocycles. The first kappa shape index (κ1) is 10.5. The lowest BCUT2D eigenvalue weighted by molar-refractivity contribution is 0.0900. The number of Topliss-reactive ketones (excluding diaryl/α,β-unsaturated/α-hetero) is 1. The van der Waals surface area contributed by atoms with Gasteiger partial charge in [-0.1, -0.05) is 0 Å². The van der Waals surface area contributed by atoms with E-state index in [1.165, 1.54) is 7.11 Å². The van der Waals surface area contributed by atoms with E-state index in [0.717, 1.165) is 3.57 Å². The van der Waals surface area contributed by atoms with E-state index in [2.05, 4.69) is 22.6 Å². The quantitative estimate of drug-likeness (QED) is 0.678. The molecule has 13 heavy (non-hydrogen) atoms. The van der Waals surface area contributed by atoms with Crippen molar-refractivity contribution in [3.8, 4) is 5.75 Å². The van der Waals surface area contributed by atoms with Crippen molar-refractivity contribution in [3.05, 3.63) is 27.3 Å². The molecule has 0 spiro atoms. The molecule has 0 saturated carbocycles.